The summed E-state index contributed by atoms with van der Waals surface area (Å²) in [5, 5.41) is 12.0. The average molecular weight is 492 g/mol. The van der Waals surface area contributed by atoms with Gasteiger partial charge < -0.3 is 16.4 Å². The molecule has 0 spiro atoms. The minimum Gasteiger partial charge on any atom is -0.383 e. The van der Waals surface area contributed by atoms with Crippen LogP contribution in [0.15, 0.2) is 59.3 Å². The van der Waals surface area contributed by atoms with E-state index in [1.165, 1.54) is 0 Å². The third kappa shape index (κ3) is 3.85. The summed E-state index contributed by atoms with van der Waals surface area (Å²) in [6.45, 7) is 1.88. The average Bonchev–Trinajstić information content (AvgIpc) is 3.25. The molecule has 8 nitrogen and oxygen atoms in total. The van der Waals surface area contributed by atoms with Gasteiger partial charge in [0.15, 0.2) is 0 Å². The van der Waals surface area contributed by atoms with Gasteiger partial charge in [-0.05, 0) is 59.6 Å². The maximum atomic E-state index is 12.6. The Morgan fingerprint density at radius 3 is 2.75 bits per heavy atom. The lowest BCUT2D eigenvalue weighted by Crippen LogP contribution is -2.32. The van der Waals surface area contributed by atoms with Crippen LogP contribution in [0.2, 0.25) is 0 Å². The molecule has 0 aliphatic carbocycles. The number of aromatic nitrogens is 4. The topological polar surface area (TPSA) is 111 Å². The van der Waals surface area contributed by atoms with E-state index in [-0.39, 0.29) is 11.9 Å². The third-order valence-corrected chi connectivity index (χ3v) is 6.23. The molecule has 4 N–H and O–H groups in total. The number of amides is 1. The zero-order valence-electron chi connectivity index (χ0n) is 17.3. The quantitative estimate of drug-likeness (QED) is 0.397. The molecule has 0 unspecified atom stereocenters. The van der Waals surface area contributed by atoms with Crippen LogP contribution < -0.4 is 16.4 Å². The molecular weight excluding hydrogens is 470 g/mol. The number of nitrogens with zero attached hydrogens (tertiary/aromatic N) is 4. The Kier molecular flexibility index (Phi) is 5.59. The Morgan fingerprint density at radius 2 is 2.03 bits per heavy atom. The molecule has 1 amide bonds. The Labute approximate surface area is 193 Å². The molecule has 1 aliphatic heterocycles. The highest BCUT2D eigenvalue weighted by Crippen LogP contribution is 2.37. The number of benzene rings is 1. The van der Waals surface area contributed by atoms with Crippen molar-refractivity contribution in [3.8, 4) is 11.3 Å². The van der Waals surface area contributed by atoms with Crippen LogP contribution in [0.3, 0.4) is 0 Å². The van der Waals surface area contributed by atoms with Gasteiger partial charge in [0, 0.05) is 30.1 Å². The van der Waals surface area contributed by atoms with E-state index in [1.54, 1.807) is 36.7 Å². The van der Waals surface area contributed by atoms with Crippen molar-refractivity contribution in [1.29, 1.82) is 0 Å². The largest absolute Gasteiger partial charge is 0.383 e. The molecule has 1 fully saturated rings. The van der Waals surface area contributed by atoms with Gasteiger partial charge in [0.1, 0.15) is 17.3 Å². The molecule has 1 atom stereocenters. The van der Waals surface area contributed by atoms with Gasteiger partial charge in [0.2, 0.25) is 0 Å². The predicted molar refractivity (Wildman–Crippen MR) is 128 cm³/mol. The van der Waals surface area contributed by atoms with E-state index in [1.807, 2.05) is 18.2 Å². The molecule has 3 aromatic heterocycles. The van der Waals surface area contributed by atoms with E-state index in [9.17, 15) is 4.79 Å². The van der Waals surface area contributed by atoms with Crippen LogP contribution >= 0.6 is 15.9 Å². The second-order valence-corrected chi connectivity index (χ2v) is 8.61. The third-order valence-electron chi connectivity index (χ3n) is 5.65. The minimum atomic E-state index is -0.220. The van der Waals surface area contributed by atoms with E-state index < -0.39 is 0 Å². The Bertz CT molecular complexity index is 1270. The molecule has 0 radical (unpaired) electrons. The number of carbonyl (C=O) groups is 1. The van der Waals surface area contributed by atoms with Crippen LogP contribution in [0.5, 0.6) is 0 Å². The van der Waals surface area contributed by atoms with Crippen LogP contribution in [0.4, 0.5) is 11.6 Å². The predicted octanol–water partition coefficient (Wildman–Crippen LogP) is 4.01. The van der Waals surface area contributed by atoms with Crippen molar-refractivity contribution in [2.45, 2.75) is 18.9 Å². The number of rotatable bonds is 4. The summed E-state index contributed by atoms with van der Waals surface area (Å²) in [6.07, 6.45) is 5.50. The zero-order chi connectivity index (χ0) is 22.1. The molecule has 1 aliphatic rings. The highest BCUT2D eigenvalue weighted by Gasteiger charge is 2.24. The molecule has 162 valence electrons. The second kappa shape index (κ2) is 8.68. The lowest BCUT2D eigenvalue weighted by molar-refractivity contribution is 0.102. The maximum absolute atomic E-state index is 12.6. The van der Waals surface area contributed by atoms with Crippen LogP contribution in [0.1, 0.15) is 29.2 Å². The van der Waals surface area contributed by atoms with Gasteiger partial charge in [-0.25, -0.2) is 9.97 Å². The van der Waals surface area contributed by atoms with Crippen molar-refractivity contribution in [3.63, 3.8) is 0 Å². The van der Waals surface area contributed by atoms with Crippen molar-refractivity contribution in [3.05, 3.63) is 64.9 Å². The van der Waals surface area contributed by atoms with E-state index in [0.29, 0.717) is 17.2 Å². The molecule has 5 rings (SSSR count). The molecule has 32 heavy (non-hydrogen) atoms. The molecular formula is C23H22BrN7O. The Morgan fingerprint density at radius 1 is 1.19 bits per heavy atom. The number of hydrogen-bond donors (Lipinski definition) is 3. The Hall–Kier alpha value is -3.30. The molecule has 4 heterocycles. The Balaban J connectivity index is 1.52. The number of anilines is 2. The smallest absolute Gasteiger partial charge is 0.256 e. The number of nitrogen functional groups attached to an aromatic ring is 1. The van der Waals surface area contributed by atoms with Crippen LogP contribution in [0, 0.1) is 0 Å². The van der Waals surface area contributed by atoms with E-state index >= 15 is 0 Å². The van der Waals surface area contributed by atoms with E-state index in [4.69, 9.17) is 10.8 Å². The molecule has 4 aromatic rings. The standard InChI is InChI=1S/C23H22BrN7O/c24-17-13-28-22(25)19-20(30-31(21(17)19)16-4-3-10-26-12-16)14-6-8-15(9-7-14)23(32)29-18-5-1-2-11-27-18/h1-2,5-9,11,13,16,26H,3-4,10,12H2,(H2,25,28)(H,27,29,32)/t16-/m1/s1. The van der Waals surface area contributed by atoms with E-state index in [0.717, 1.165) is 52.6 Å². The normalized spacial score (nSPS) is 16.2. The van der Waals surface area contributed by atoms with E-state index in [2.05, 4.69) is 41.2 Å². The second-order valence-electron chi connectivity index (χ2n) is 7.75. The summed E-state index contributed by atoms with van der Waals surface area (Å²) in [5.74, 6) is 0.726. The number of hydrogen-bond acceptors (Lipinski definition) is 6. The number of nitrogens with two attached hydrogens (primary N) is 1. The first-order valence-electron chi connectivity index (χ1n) is 10.5. The van der Waals surface area contributed by atoms with Gasteiger partial charge in [0.05, 0.1) is 21.4 Å². The molecule has 9 heteroatoms. The number of fused-ring (bicyclic) bond motifs is 1. The van der Waals surface area contributed by atoms with Gasteiger partial charge in [-0.1, -0.05) is 18.2 Å². The number of carbonyl (C=O) groups excluding carboxylic acids is 1. The van der Waals surface area contributed by atoms with Gasteiger partial charge in [-0.2, -0.15) is 5.10 Å². The van der Waals surface area contributed by atoms with Crippen molar-refractivity contribution in [1.82, 2.24) is 25.1 Å². The molecule has 0 bridgehead atoms. The summed E-state index contributed by atoms with van der Waals surface area (Å²) in [4.78, 5) is 21.0. The molecule has 1 aromatic carbocycles. The monoisotopic (exact) mass is 491 g/mol. The van der Waals surface area contributed by atoms with Crippen molar-refractivity contribution < 1.29 is 4.79 Å². The van der Waals surface area contributed by atoms with Crippen molar-refractivity contribution >= 4 is 44.4 Å². The maximum Gasteiger partial charge on any atom is 0.256 e. The zero-order valence-corrected chi connectivity index (χ0v) is 18.8. The fourth-order valence-corrected chi connectivity index (χ4v) is 4.55. The first-order chi connectivity index (χ1) is 15.6. The first-order valence-corrected chi connectivity index (χ1v) is 11.3. The summed E-state index contributed by atoms with van der Waals surface area (Å²) in [6, 6.07) is 12.9. The number of halogens is 1. The molecule has 0 saturated carbocycles. The number of nitrogens with one attached hydrogen (secondary N) is 2. The summed E-state index contributed by atoms with van der Waals surface area (Å²) in [7, 11) is 0. The van der Waals surface area contributed by atoms with Crippen molar-refractivity contribution in [2.75, 3.05) is 24.1 Å². The van der Waals surface area contributed by atoms with Crippen molar-refractivity contribution in [2.24, 2.45) is 0 Å². The molecule has 1 saturated heterocycles. The van der Waals surface area contributed by atoms with Gasteiger partial charge in [0.25, 0.3) is 5.91 Å². The summed E-state index contributed by atoms with van der Waals surface area (Å²) in [5.41, 5.74) is 9.41. The first kappa shape index (κ1) is 20.6. The fourth-order valence-electron chi connectivity index (χ4n) is 4.07. The lowest BCUT2D eigenvalue weighted by atomic mass is 10.1. The van der Waals surface area contributed by atoms with Crippen LogP contribution in [-0.2, 0) is 0 Å². The van der Waals surface area contributed by atoms with Crippen LogP contribution in [-0.4, -0.2) is 38.7 Å². The SMILES string of the molecule is Nc1ncc(Br)c2c1c(-c1ccc(C(=O)Nc3ccccn3)cc1)nn2[C@@H]1CCCNC1. The highest BCUT2D eigenvalue weighted by molar-refractivity contribution is 9.10. The minimum absolute atomic E-state index is 0.220. The van der Waals surface area contributed by atoms with Gasteiger partial charge in [-0.15, -0.1) is 0 Å². The van der Waals surface area contributed by atoms with Crippen LogP contribution in [0.25, 0.3) is 22.2 Å². The fraction of sp³-hybridized carbons (Fsp3) is 0.217. The van der Waals surface area contributed by atoms with Gasteiger partial charge >= 0.3 is 0 Å². The summed E-state index contributed by atoms with van der Waals surface area (Å²) >= 11 is 3.64. The number of piperidine rings is 1. The highest BCUT2D eigenvalue weighted by atomic mass is 79.9. The van der Waals surface area contributed by atoms with Gasteiger partial charge in [-0.3, -0.25) is 9.48 Å². The lowest BCUT2D eigenvalue weighted by Gasteiger charge is -2.24. The number of pyridine rings is 2. The summed E-state index contributed by atoms with van der Waals surface area (Å²) < 4.78 is 2.91.